The molecule has 1 aliphatic heterocycles. The van der Waals surface area contributed by atoms with E-state index in [0.29, 0.717) is 0 Å². The molecular weight excluding hydrogens is 218 g/mol. The van der Waals surface area contributed by atoms with Crippen molar-refractivity contribution in [2.45, 2.75) is 24.6 Å². The molecule has 84 valence electrons. The summed E-state index contributed by atoms with van der Waals surface area (Å²) in [6.45, 7) is -0.549. The lowest BCUT2D eigenvalue weighted by Gasteiger charge is -2.22. The topological polar surface area (TPSA) is 21.8 Å². The summed E-state index contributed by atoms with van der Waals surface area (Å²) in [5.41, 5.74) is 0. The Kier molecular flexibility index (Phi) is 2.96. The zero-order valence-electron chi connectivity index (χ0n) is 6.65. The van der Waals surface area contributed by atoms with Gasteiger partial charge in [0.25, 0.3) is 0 Å². The van der Waals surface area contributed by atoms with Gasteiger partial charge >= 0.3 is 12.4 Å². The fraction of sp³-hybridized carbons (Fsp3) is 1.00. The summed E-state index contributed by atoms with van der Waals surface area (Å²) in [6, 6.07) is 0. The first-order valence-electron chi connectivity index (χ1n) is 3.58. The Balaban J connectivity index is 2.51. The van der Waals surface area contributed by atoms with Crippen LogP contribution in [0.25, 0.3) is 0 Å². The Morgan fingerprint density at radius 1 is 1.14 bits per heavy atom. The third kappa shape index (κ3) is 3.33. The Morgan fingerprint density at radius 3 is 1.86 bits per heavy atom. The zero-order valence-corrected chi connectivity index (χ0v) is 6.65. The maximum absolute atomic E-state index is 11.8. The van der Waals surface area contributed by atoms with Crippen LogP contribution < -0.4 is 0 Å². The first-order chi connectivity index (χ1) is 6.21. The molecule has 0 aromatic rings. The molecule has 14 heavy (non-hydrogen) atoms. The van der Waals surface area contributed by atoms with E-state index < -0.39 is 31.2 Å². The van der Waals surface area contributed by atoms with Crippen molar-refractivity contribution in [3.05, 3.63) is 0 Å². The number of ether oxygens (including phenoxy) is 2. The first kappa shape index (κ1) is 11.6. The van der Waals surface area contributed by atoms with Crippen LogP contribution in [-0.2, 0) is 9.47 Å². The van der Waals surface area contributed by atoms with Gasteiger partial charge in [0.15, 0.2) is 0 Å². The summed E-state index contributed by atoms with van der Waals surface area (Å²) in [4.78, 5) is 0. The van der Waals surface area contributed by atoms with E-state index in [1.54, 1.807) is 0 Å². The molecule has 1 heterocycles. The minimum absolute atomic E-state index is 0.141. The highest BCUT2D eigenvalue weighted by Gasteiger charge is 2.58. The van der Waals surface area contributed by atoms with Gasteiger partial charge in [-0.15, -0.1) is 0 Å². The van der Waals surface area contributed by atoms with Gasteiger partial charge in [-0.3, -0.25) is 0 Å². The fourth-order valence-corrected chi connectivity index (χ4v) is 0.742. The van der Waals surface area contributed by atoms with Gasteiger partial charge in [-0.25, -0.2) is 0 Å². The van der Waals surface area contributed by atoms with E-state index in [9.17, 15) is 26.3 Å². The van der Waals surface area contributed by atoms with E-state index in [-0.39, 0.29) is 6.61 Å². The van der Waals surface area contributed by atoms with Gasteiger partial charge < -0.3 is 9.47 Å². The van der Waals surface area contributed by atoms with Crippen LogP contribution in [0.4, 0.5) is 26.3 Å². The molecule has 0 N–H and O–H groups in total. The quantitative estimate of drug-likeness (QED) is 0.539. The maximum atomic E-state index is 11.8. The maximum Gasteiger partial charge on any atom is 0.423 e. The van der Waals surface area contributed by atoms with Gasteiger partial charge in [-0.05, 0) is 0 Å². The summed E-state index contributed by atoms with van der Waals surface area (Å²) in [5.74, 6) is 0. The molecule has 1 rings (SSSR count). The van der Waals surface area contributed by atoms with Crippen molar-refractivity contribution in [2.24, 2.45) is 0 Å². The van der Waals surface area contributed by atoms with Crippen LogP contribution in [0.5, 0.6) is 0 Å². The van der Waals surface area contributed by atoms with E-state index in [1.165, 1.54) is 0 Å². The Hall–Kier alpha value is -0.500. The summed E-state index contributed by atoms with van der Waals surface area (Å²) in [5, 5.41) is 0. The Bertz CT molecular complexity index is 179. The lowest BCUT2D eigenvalue weighted by atomic mass is 10.3. The molecule has 1 fully saturated rings. The number of hydrogen-bond donors (Lipinski definition) is 0. The molecular formula is C6H6F6O2. The molecule has 2 nitrogen and oxygen atoms in total. The number of rotatable bonds is 3. The second kappa shape index (κ2) is 3.58. The zero-order chi connectivity index (χ0) is 11.0. The van der Waals surface area contributed by atoms with Crippen molar-refractivity contribution in [3.8, 4) is 0 Å². The van der Waals surface area contributed by atoms with Crippen LogP contribution in [-0.4, -0.2) is 37.8 Å². The predicted molar refractivity (Wildman–Crippen MR) is 31.6 cm³/mol. The third-order valence-corrected chi connectivity index (χ3v) is 1.45. The molecule has 0 amide bonds. The molecule has 0 aromatic carbocycles. The van der Waals surface area contributed by atoms with E-state index >= 15 is 0 Å². The molecule has 0 spiro atoms. The van der Waals surface area contributed by atoms with E-state index in [4.69, 9.17) is 0 Å². The SMILES string of the molecule is FC(F)(F)C(OC[C@H]1CO1)C(F)(F)F. The van der Waals surface area contributed by atoms with Crippen molar-refractivity contribution in [1.82, 2.24) is 0 Å². The van der Waals surface area contributed by atoms with E-state index in [1.807, 2.05) is 0 Å². The lowest BCUT2D eigenvalue weighted by molar-refractivity contribution is -0.322. The number of epoxide rings is 1. The average Bonchev–Trinajstić information content (AvgIpc) is 2.64. The van der Waals surface area contributed by atoms with E-state index in [0.717, 1.165) is 0 Å². The van der Waals surface area contributed by atoms with Crippen LogP contribution >= 0.6 is 0 Å². The van der Waals surface area contributed by atoms with Gasteiger partial charge in [0.1, 0.15) is 6.10 Å². The van der Waals surface area contributed by atoms with Crippen LogP contribution in [0.3, 0.4) is 0 Å². The van der Waals surface area contributed by atoms with Crippen molar-refractivity contribution >= 4 is 0 Å². The standard InChI is InChI=1S/C6H6F6O2/c7-5(8,9)4(6(10,11)12)14-2-3-1-13-3/h3-4H,1-2H2/t3-/m1/s1. The van der Waals surface area contributed by atoms with Crippen LogP contribution in [0, 0.1) is 0 Å². The monoisotopic (exact) mass is 224 g/mol. The van der Waals surface area contributed by atoms with E-state index in [2.05, 4.69) is 9.47 Å². The fourth-order valence-electron chi connectivity index (χ4n) is 0.742. The summed E-state index contributed by atoms with van der Waals surface area (Å²) >= 11 is 0. The van der Waals surface area contributed by atoms with Crippen LogP contribution in [0.2, 0.25) is 0 Å². The largest absolute Gasteiger partial charge is 0.423 e. The van der Waals surface area contributed by atoms with Gasteiger partial charge in [0.2, 0.25) is 6.10 Å². The highest BCUT2D eigenvalue weighted by Crippen LogP contribution is 2.36. The third-order valence-electron chi connectivity index (χ3n) is 1.45. The van der Waals surface area contributed by atoms with Crippen molar-refractivity contribution < 1.29 is 35.8 Å². The number of hydrogen-bond acceptors (Lipinski definition) is 2. The summed E-state index contributed by atoms with van der Waals surface area (Å²) < 4.78 is 79.0. The first-order valence-corrected chi connectivity index (χ1v) is 3.58. The molecule has 8 heteroatoms. The van der Waals surface area contributed by atoms with Gasteiger partial charge in [0.05, 0.1) is 13.2 Å². The molecule has 0 radical (unpaired) electrons. The second-order valence-corrected chi connectivity index (χ2v) is 2.75. The second-order valence-electron chi connectivity index (χ2n) is 2.75. The predicted octanol–water partition coefficient (Wildman–Crippen LogP) is 1.90. The minimum atomic E-state index is -5.44. The molecule has 1 aliphatic rings. The van der Waals surface area contributed by atoms with Crippen LogP contribution in [0.15, 0.2) is 0 Å². The van der Waals surface area contributed by atoms with Crippen molar-refractivity contribution in [1.29, 1.82) is 0 Å². The summed E-state index contributed by atoms with van der Waals surface area (Å²) in [7, 11) is 0. The van der Waals surface area contributed by atoms with Gasteiger partial charge in [-0.1, -0.05) is 0 Å². The molecule has 1 saturated heterocycles. The van der Waals surface area contributed by atoms with Crippen LogP contribution in [0.1, 0.15) is 0 Å². The molecule has 1 atom stereocenters. The van der Waals surface area contributed by atoms with Gasteiger partial charge in [0, 0.05) is 0 Å². The van der Waals surface area contributed by atoms with Crippen molar-refractivity contribution in [3.63, 3.8) is 0 Å². The molecule has 0 aromatic heterocycles. The highest BCUT2D eigenvalue weighted by molar-refractivity contribution is 4.78. The molecule has 0 saturated carbocycles. The Morgan fingerprint density at radius 2 is 1.57 bits per heavy atom. The average molecular weight is 224 g/mol. The van der Waals surface area contributed by atoms with Crippen molar-refractivity contribution in [2.75, 3.05) is 13.2 Å². The number of halogens is 6. The summed E-state index contributed by atoms with van der Waals surface area (Å²) in [6.07, 6.45) is -15.2. The molecule has 0 unspecified atom stereocenters. The minimum Gasteiger partial charge on any atom is -0.371 e. The molecule has 0 bridgehead atoms. The highest BCUT2D eigenvalue weighted by atomic mass is 19.4. The normalized spacial score (nSPS) is 22.9. The lowest BCUT2D eigenvalue weighted by Crippen LogP contribution is -2.44. The smallest absolute Gasteiger partial charge is 0.371 e. The van der Waals surface area contributed by atoms with Gasteiger partial charge in [-0.2, -0.15) is 26.3 Å². The Labute approximate surface area is 74.8 Å². The molecule has 0 aliphatic carbocycles. The number of alkyl halides is 6.